The second kappa shape index (κ2) is 18.2. The monoisotopic (exact) mass is 792 g/mol. The number of piperidine rings is 1. The fourth-order valence-corrected chi connectivity index (χ4v) is 8.17. The number of methoxy groups -OCH3 is 2. The maximum Gasteiger partial charge on any atom is 0.311 e. The second-order valence-electron chi connectivity index (χ2n) is 14.3. The van der Waals surface area contributed by atoms with Gasteiger partial charge in [-0.15, -0.1) is 0 Å². The summed E-state index contributed by atoms with van der Waals surface area (Å²) in [6.45, 7) is 8.91. The van der Waals surface area contributed by atoms with Crippen molar-refractivity contribution in [1.82, 2.24) is 19.4 Å². The number of benzene rings is 3. The summed E-state index contributed by atoms with van der Waals surface area (Å²) in [6.07, 6.45) is 3.86. The molecule has 0 N–H and O–H groups in total. The molecule has 3 aromatic carbocycles. The lowest BCUT2D eigenvalue weighted by Gasteiger charge is -2.36. The number of halogens is 2. The molecular weight excluding hydrogens is 743 g/mol. The van der Waals surface area contributed by atoms with Gasteiger partial charge in [-0.25, -0.2) is 4.98 Å². The minimum absolute atomic E-state index is 0.0880. The number of hydrogen-bond donors (Lipinski definition) is 0. The van der Waals surface area contributed by atoms with Crippen molar-refractivity contribution in [2.75, 3.05) is 60.2 Å². The maximum atomic E-state index is 14.1. The average molecular weight is 794 g/mol. The molecule has 1 atom stereocenters. The van der Waals surface area contributed by atoms with E-state index in [1.54, 1.807) is 12.1 Å². The number of amides is 1. The molecule has 3 heterocycles. The van der Waals surface area contributed by atoms with Gasteiger partial charge in [0.15, 0.2) is 17.3 Å². The molecule has 11 nitrogen and oxygen atoms in total. The number of rotatable bonds is 16. The van der Waals surface area contributed by atoms with Crippen LogP contribution in [0, 0.1) is 5.92 Å². The van der Waals surface area contributed by atoms with Crippen LogP contribution in [0.1, 0.15) is 78.9 Å². The third-order valence-electron chi connectivity index (χ3n) is 11.0. The lowest BCUT2D eigenvalue weighted by Crippen LogP contribution is -2.41. The number of Topliss-reactive ketones (excluding diaryl/α,β-unsaturated/α-hetero) is 1. The number of carbonyl (C=O) groups is 3. The normalized spacial score (nSPS) is 17.8. The number of nitrogens with zero attached hydrogens (tertiary/aromatic N) is 4. The van der Waals surface area contributed by atoms with Crippen molar-refractivity contribution < 1.29 is 33.3 Å². The summed E-state index contributed by atoms with van der Waals surface area (Å²) in [7, 11) is 2.93. The first-order chi connectivity index (χ1) is 26.6. The minimum Gasteiger partial charge on any atom is -0.493 e. The van der Waals surface area contributed by atoms with Crippen molar-refractivity contribution >= 4 is 51.9 Å². The van der Waals surface area contributed by atoms with Crippen LogP contribution >= 0.6 is 23.2 Å². The van der Waals surface area contributed by atoms with Crippen LogP contribution in [0.15, 0.2) is 54.6 Å². The zero-order chi connectivity index (χ0) is 39.1. The van der Waals surface area contributed by atoms with E-state index in [0.29, 0.717) is 60.7 Å². The Labute approximate surface area is 332 Å². The maximum absolute atomic E-state index is 14.1. The van der Waals surface area contributed by atoms with Crippen molar-refractivity contribution in [3.63, 3.8) is 0 Å². The number of para-hydroxylation sites is 2. The molecule has 55 heavy (non-hydrogen) atoms. The van der Waals surface area contributed by atoms with Crippen LogP contribution in [-0.4, -0.2) is 97.2 Å². The Hall–Kier alpha value is -4.16. The first-order valence-electron chi connectivity index (χ1n) is 19.1. The van der Waals surface area contributed by atoms with Gasteiger partial charge < -0.3 is 33.3 Å². The fourth-order valence-electron chi connectivity index (χ4n) is 7.87. The van der Waals surface area contributed by atoms with Gasteiger partial charge in [0.25, 0.3) is 5.91 Å². The molecule has 1 unspecified atom stereocenters. The summed E-state index contributed by atoms with van der Waals surface area (Å²) in [6, 6.07) is 16.8. The van der Waals surface area contributed by atoms with Gasteiger partial charge in [-0.05, 0) is 101 Å². The zero-order valence-corrected chi connectivity index (χ0v) is 33.6. The molecule has 294 valence electrons. The van der Waals surface area contributed by atoms with E-state index in [2.05, 4.69) is 4.90 Å². The van der Waals surface area contributed by atoms with Crippen LogP contribution in [0.25, 0.3) is 11.0 Å². The van der Waals surface area contributed by atoms with Gasteiger partial charge in [0.1, 0.15) is 0 Å². The molecule has 13 heteroatoms. The molecule has 6 rings (SSSR count). The molecule has 0 bridgehead atoms. The van der Waals surface area contributed by atoms with Crippen molar-refractivity contribution in [3.8, 4) is 17.2 Å². The summed E-state index contributed by atoms with van der Waals surface area (Å²) in [5.74, 6) is 0.528. The Morgan fingerprint density at radius 3 is 2.31 bits per heavy atom. The van der Waals surface area contributed by atoms with E-state index in [0.717, 1.165) is 61.9 Å². The Balaban J connectivity index is 1.16. The number of ketones is 1. The van der Waals surface area contributed by atoms with E-state index in [4.69, 9.17) is 47.1 Å². The van der Waals surface area contributed by atoms with Crippen molar-refractivity contribution in [2.24, 2.45) is 5.92 Å². The lowest BCUT2D eigenvalue weighted by molar-refractivity contribution is -0.134. The lowest BCUT2D eigenvalue weighted by atomic mass is 9.76. The Kier molecular flexibility index (Phi) is 13.4. The van der Waals surface area contributed by atoms with Crippen LogP contribution in [0.5, 0.6) is 17.2 Å². The summed E-state index contributed by atoms with van der Waals surface area (Å²) in [4.78, 5) is 49.5. The molecule has 0 saturated carbocycles. The van der Waals surface area contributed by atoms with Crippen LogP contribution in [-0.2, 0) is 21.5 Å². The zero-order valence-electron chi connectivity index (χ0n) is 32.1. The van der Waals surface area contributed by atoms with Crippen LogP contribution in [0.4, 0.5) is 0 Å². The fraction of sp³-hybridized carbons (Fsp3) is 0.476. The molecule has 4 aromatic rings. The van der Waals surface area contributed by atoms with Crippen LogP contribution < -0.4 is 14.2 Å². The summed E-state index contributed by atoms with van der Waals surface area (Å²) >= 11 is 12.9. The number of imidazole rings is 1. The van der Waals surface area contributed by atoms with Crippen LogP contribution in [0.2, 0.25) is 10.0 Å². The SMILES string of the molecule is CCCC(=O)Oc1c(OC)cc(C(=O)N2CCC(CCN3CCC(C(=O)c4nc5ccccc5n4CCOCC)CC3)(c3ccc(Cl)c(Cl)c3)C2)cc1OC. The quantitative estimate of drug-likeness (QED) is 0.0484. The number of esters is 1. The van der Waals surface area contributed by atoms with Gasteiger partial charge in [-0.2, -0.15) is 0 Å². The number of fused-ring (bicyclic) bond motifs is 1. The molecule has 0 radical (unpaired) electrons. The molecule has 1 amide bonds. The van der Waals surface area contributed by atoms with E-state index in [-0.39, 0.29) is 46.7 Å². The first kappa shape index (κ1) is 40.5. The average Bonchev–Trinajstić information content (AvgIpc) is 3.81. The number of carbonyl (C=O) groups excluding carboxylic acids is 3. The summed E-state index contributed by atoms with van der Waals surface area (Å²) < 4.78 is 24.3. The molecule has 0 aliphatic carbocycles. The molecular formula is C42H50Cl2N4O7. The van der Waals surface area contributed by atoms with Gasteiger partial charge in [-0.3, -0.25) is 14.4 Å². The highest BCUT2D eigenvalue weighted by molar-refractivity contribution is 6.42. The molecule has 1 aromatic heterocycles. The predicted molar refractivity (Wildman–Crippen MR) is 213 cm³/mol. The van der Waals surface area contributed by atoms with Gasteiger partial charge in [0.2, 0.25) is 11.5 Å². The van der Waals surface area contributed by atoms with Gasteiger partial charge >= 0.3 is 5.97 Å². The third-order valence-corrected chi connectivity index (χ3v) is 11.7. The van der Waals surface area contributed by atoms with E-state index in [1.807, 2.05) is 65.8 Å². The number of aromatic nitrogens is 2. The Bertz CT molecular complexity index is 1990. The van der Waals surface area contributed by atoms with Gasteiger partial charge in [-0.1, -0.05) is 48.3 Å². The molecule has 2 aliphatic heterocycles. The number of hydrogen-bond acceptors (Lipinski definition) is 9. The molecule has 0 spiro atoms. The molecule has 2 fully saturated rings. The van der Waals surface area contributed by atoms with E-state index < -0.39 is 5.97 Å². The minimum atomic E-state index is -0.408. The predicted octanol–water partition coefficient (Wildman–Crippen LogP) is 7.87. The summed E-state index contributed by atoms with van der Waals surface area (Å²) in [5, 5.41) is 0.946. The largest absolute Gasteiger partial charge is 0.493 e. The Morgan fingerprint density at radius 2 is 1.64 bits per heavy atom. The smallest absolute Gasteiger partial charge is 0.311 e. The number of ether oxygens (including phenoxy) is 4. The van der Waals surface area contributed by atoms with E-state index >= 15 is 0 Å². The van der Waals surface area contributed by atoms with E-state index in [9.17, 15) is 14.4 Å². The van der Waals surface area contributed by atoms with Crippen molar-refractivity contribution in [3.05, 3.63) is 81.6 Å². The Morgan fingerprint density at radius 1 is 0.909 bits per heavy atom. The molecule has 2 aliphatic rings. The first-order valence-corrected chi connectivity index (χ1v) is 19.9. The van der Waals surface area contributed by atoms with Gasteiger partial charge in [0.05, 0.1) is 41.9 Å². The highest BCUT2D eigenvalue weighted by atomic mass is 35.5. The third kappa shape index (κ3) is 8.96. The molecule has 2 saturated heterocycles. The van der Waals surface area contributed by atoms with E-state index in [1.165, 1.54) is 14.2 Å². The topological polar surface area (TPSA) is 112 Å². The standard InChI is InChI=1S/C42H50Cl2N4O7/c1-5-9-37(49)55-39-35(52-3)24-29(25-36(39)53-4)41(51)47-21-17-42(27-47,30-12-13-31(43)32(44)26-30)16-20-46-18-14-28(15-19-46)38(50)40-45-33-10-7-8-11-34(33)48(40)22-23-54-6-2/h7-8,10-13,24-26,28H,5-6,9,14-23,27H2,1-4H3. The summed E-state index contributed by atoms with van der Waals surface area (Å²) in [5.41, 5.74) is 2.78. The van der Waals surface area contributed by atoms with Crippen molar-refractivity contribution in [1.29, 1.82) is 0 Å². The second-order valence-corrected chi connectivity index (χ2v) is 15.1. The van der Waals surface area contributed by atoms with Gasteiger partial charge in [0, 0.05) is 49.6 Å². The van der Waals surface area contributed by atoms with Crippen LogP contribution in [0.3, 0.4) is 0 Å². The highest BCUT2D eigenvalue weighted by Crippen LogP contribution is 2.43. The van der Waals surface area contributed by atoms with Crippen molar-refractivity contribution in [2.45, 2.75) is 64.3 Å². The highest BCUT2D eigenvalue weighted by Gasteiger charge is 2.42. The number of likely N-dealkylation sites (tertiary alicyclic amines) is 2.